The summed E-state index contributed by atoms with van der Waals surface area (Å²) < 4.78 is 31.0. The molecule has 1 N–H and O–H groups in total. The van der Waals surface area contributed by atoms with Gasteiger partial charge in [0.2, 0.25) is 15.9 Å². The molecule has 1 heterocycles. The van der Waals surface area contributed by atoms with Gasteiger partial charge in [-0.1, -0.05) is 44.2 Å². The van der Waals surface area contributed by atoms with Gasteiger partial charge >= 0.3 is 0 Å². The smallest absolute Gasteiger partial charge is 0.220 e. The third-order valence-corrected chi connectivity index (χ3v) is 6.45. The van der Waals surface area contributed by atoms with Crippen molar-refractivity contribution in [2.45, 2.75) is 32.1 Å². The van der Waals surface area contributed by atoms with Crippen LogP contribution in [0.4, 0.5) is 0 Å². The standard InChI is InChI=1S/C18H28N2O4S/c1-18(2,16-6-4-3-5-7-16)9-8-17(21)19-10-15-25(22,23)20-11-13-24-14-12-20/h3-7H,8-15H2,1-2H3,(H,19,21). The first kappa shape index (κ1) is 19.9. The molecule has 0 atom stereocenters. The minimum atomic E-state index is -3.33. The van der Waals surface area contributed by atoms with Crippen LogP contribution < -0.4 is 5.32 Å². The zero-order valence-corrected chi connectivity index (χ0v) is 15.8. The van der Waals surface area contributed by atoms with Crippen molar-refractivity contribution in [2.24, 2.45) is 0 Å². The van der Waals surface area contributed by atoms with Crippen LogP contribution in [0.2, 0.25) is 0 Å². The summed E-state index contributed by atoms with van der Waals surface area (Å²) in [5.41, 5.74) is 1.09. The number of hydrogen-bond acceptors (Lipinski definition) is 4. The van der Waals surface area contributed by atoms with E-state index >= 15 is 0 Å². The van der Waals surface area contributed by atoms with E-state index in [9.17, 15) is 13.2 Å². The van der Waals surface area contributed by atoms with E-state index in [-0.39, 0.29) is 23.6 Å². The largest absolute Gasteiger partial charge is 0.379 e. The van der Waals surface area contributed by atoms with Gasteiger partial charge in [-0.3, -0.25) is 4.79 Å². The lowest BCUT2D eigenvalue weighted by atomic mass is 9.80. The van der Waals surface area contributed by atoms with Gasteiger partial charge in [-0.05, 0) is 17.4 Å². The van der Waals surface area contributed by atoms with Gasteiger partial charge in [-0.2, -0.15) is 4.31 Å². The molecular formula is C18H28N2O4S. The number of carbonyl (C=O) groups is 1. The van der Waals surface area contributed by atoms with E-state index in [2.05, 4.69) is 31.3 Å². The molecule has 1 fully saturated rings. The molecule has 6 nitrogen and oxygen atoms in total. The molecule has 0 unspecified atom stereocenters. The molecule has 0 aliphatic carbocycles. The minimum absolute atomic E-state index is 0.0686. The maximum Gasteiger partial charge on any atom is 0.220 e. The van der Waals surface area contributed by atoms with Crippen LogP contribution in [0.5, 0.6) is 0 Å². The molecule has 7 heteroatoms. The van der Waals surface area contributed by atoms with Crippen LogP contribution in [-0.2, 0) is 25.0 Å². The predicted octanol–water partition coefficient (Wildman–Crippen LogP) is 1.52. The number of sulfonamides is 1. The van der Waals surface area contributed by atoms with E-state index in [1.807, 2.05) is 18.2 Å². The zero-order chi connectivity index (χ0) is 18.3. The van der Waals surface area contributed by atoms with E-state index in [1.54, 1.807) is 0 Å². The lowest BCUT2D eigenvalue weighted by Crippen LogP contribution is -2.43. The van der Waals surface area contributed by atoms with Crippen LogP contribution in [0, 0.1) is 0 Å². The number of benzene rings is 1. The second-order valence-corrected chi connectivity index (χ2v) is 9.02. The average Bonchev–Trinajstić information content (AvgIpc) is 2.61. The van der Waals surface area contributed by atoms with Crippen LogP contribution >= 0.6 is 0 Å². The van der Waals surface area contributed by atoms with Gasteiger partial charge in [0, 0.05) is 26.1 Å². The molecule has 0 saturated carbocycles. The highest BCUT2D eigenvalue weighted by Gasteiger charge is 2.24. The van der Waals surface area contributed by atoms with Crippen molar-refractivity contribution in [3.8, 4) is 0 Å². The van der Waals surface area contributed by atoms with Gasteiger partial charge in [0.25, 0.3) is 0 Å². The Hall–Kier alpha value is -1.44. The molecule has 1 saturated heterocycles. The van der Waals surface area contributed by atoms with Crippen molar-refractivity contribution >= 4 is 15.9 Å². The molecular weight excluding hydrogens is 340 g/mol. The second kappa shape index (κ2) is 8.78. The fourth-order valence-corrected chi connectivity index (χ4v) is 4.15. The van der Waals surface area contributed by atoms with Crippen LogP contribution in [-0.4, -0.2) is 57.2 Å². The van der Waals surface area contributed by atoms with E-state index in [1.165, 1.54) is 9.87 Å². The van der Waals surface area contributed by atoms with Crippen molar-refractivity contribution in [3.05, 3.63) is 35.9 Å². The van der Waals surface area contributed by atoms with Gasteiger partial charge < -0.3 is 10.1 Å². The molecule has 2 rings (SSSR count). The van der Waals surface area contributed by atoms with Crippen LogP contribution in [0.3, 0.4) is 0 Å². The summed E-state index contributed by atoms with van der Waals surface area (Å²) in [4.78, 5) is 12.0. The Labute approximate surface area is 150 Å². The molecule has 1 aliphatic heterocycles. The Balaban J connectivity index is 1.73. The SMILES string of the molecule is CC(C)(CCC(=O)NCCS(=O)(=O)N1CCOCC1)c1ccccc1. The topological polar surface area (TPSA) is 75.7 Å². The quantitative estimate of drug-likeness (QED) is 0.755. The number of carbonyl (C=O) groups excluding carboxylic acids is 1. The summed E-state index contributed by atoms with van der Waals surface area (Å²) in [7, 11) is -3.33. The lowest BCUT2D eigenvalue weighted by molar-refractivity contribution is -0.121. The van der Waals surface area contributed by atoms with Crippen LogP contribution in [0.25, 0.3) is 0 Å². The van der Waals surface area contributed by atoms with Gasteiger partial charge in [-0.15, -0.1) is 0 Å². The molecule has 25 heavy (non-hydrogen) atoms. The van der Waals surface area contributed by atoms with Crippen LogP contribution in [0.1, 0.15) is 32.3 Å². The molecule has 0 radical (unpaired) electrons. The number of nitrogens with one attached hydrogen (secondary N) is 1. The average molecular weight is 368 g/mol. The Bertz CT molecular complexity index is 653. The normalized spacial score (nSPS) is 16.6. The van der Waals surface area contributed by atoms with E-state index in [0.29, 0.717) is 39.1 Å². The van der Waals surface area contributed by atoms with Gasteiger partial charge in [0.05, 0.1) is 19.0 Å². The van der Waals surface area contributed by atoms with Crippen LogP contribution in [0.15, 0.2) is 30.3 Å². The van der Waals surface area contributed by atoms with Gasteiger partial charge in [-0.25, -0.2) is 8.42 Å². The summed E-state index contributed by atoms with van der Waals surface area (Å²) in [6.07, 6.45) is 1.08. The molecule has 1 aromatic rings. The third kappa shape index (κ3) is 6.09. The molecule has 0 spiro atoms. The molecule has 0 aromatic heterocycles. The number of morpholine rings is 1. The molecule has 1 aliphatic rings. The van der Waals surface area contributed by atoms with Crippen molar-refractivity contribution < 1.29 is 17.9 Å². The lowest BCUT2D eigenvalue weighted by Gasteiger charge is -2.26. The highest BCUT2D eigenvalue weighted by Crippen LogP contribution is 2.27. The first-order valence-corrected chi connectivity index (χ1v) is 10.3. The molecule has 1 amide bonds. The van der Waals surface area contributed by atoms with Crippen molar-refractivity contribution in [3.63, 3.8) is 0 Å². The summed E-state index contributed by atoms with van der Waals surface area (Å²) in [6.45, 7) is 6.00. The summed E-state index contributed by atoms with van der Waals surface area (Å²) in [5.74, 6) is -0.179. The van der Waals surface area contributed by atoms with E-state index in [4.69, 9.17) is 4.74 Å². The number of nitrogens with zero attached hydrogens (tertiary/aromatic N) is 1. The maximum atomic E-state index is 12.2. The fourth-order valence-electron chi connectivity index (χ4n) is 2.82. The highest BCUT2D eigenvalue weighted by atomic mass is 32.2. The summed E-state index contributed by atoms with van der Waals surface area (Å²) in [6, 6.07) is 10.1. The highest BCUT2D eigenvalue weighted by molar-refractivity contribution is 7.89. The van der Waals surface area contributed by atoms with E-state index < -0.39 is 10.0 Å². The Morgan fingerprint density at radius 2 is 1.84 bits per heavy atom. The monoisotopic (exact) mass is 368 g/mol. The molecule has 140 valence electrons. The number of ether oxygens (including phenoxy) is 1. The van der Waals surface area contributed by atoms with Gasteiger partial charge in [0.1, 0.15) is 0 Å². The number of rotatable bonds is 8. The van der Waals surface area contributed by atoms with Crippen molar-refractivity contribution in [2.75, 3.05) is 38.6 Å². The van der Waals surface area contributed by atoms with Crippen molar-refractivity contribution in [1.82, 2.24) is 9.62 Å². The van der Waals surface area contributed by atoms with E-state index in [0.717, 1.165) is 0 Å². The number of amides is 1. The molecule has 0 bridgehead atoms. The predicted molar refractivity (Wildman–Crippen MR) is 97.9 cm³/mol. The Morgan fingerprint density at radius 3 is 2.48 bits per heavy atom. The third-order valence-electron chi connectivity index (χ3n) is 4.58. The number of hydrogen-bond donors (Lipinski definition) is 1. The zero-order valence-electron chi connectivity index (χ0n) is 15.0. The Kier molecular flexibility index (Phi) is 6.98. The maximum absolute atomic E-state index is 12.2. The molecule has 1 aromatic carbocycles. The summed E-state index contributed by atoms with van der Waals surface area (Å²) >= 11 is 0. The summed E-state index contributed by atoms with van der Waals surface area (Å²) in [5, 5.41) is 2.73. The minimum Gasteiger partial charge on any atom is -0.379 e. The second-order valence-electron chi connectivity index (χ2n) is 6.93. The first-order valence-electron chi connectivity index (χ1n) is 8.69. The van der Waals surface area contributed by atoms with Gasteiger partial charge in [0.15, 0.2) is 0 Å². The van der Waals surface area contributed by atoms with Crippen molar-refractivity contribution in [1.29, 1.82) is 0 Å². The fraction of sp³-hybridized carbons (Fsp3) is 0.611. The first-order chi connectivity index (χ1) is 11.8. The Morgan fingerprint density at radius 1 is 1.20 bits per heavy atom.